The van der Waals surface area contributed by atoms with Crippen LogP contribution in [-0.2, 0) is 11.2 Å². The average Bonchev–Trinajstić information content (AvgIpc) is 2.47. The third kappa shape index (κ3) is 2.96. The second kappa shape index (κ2) is 5.70. The molecule has 0 saturated carbocycles. The molecular formula is C16H23FN2O. The first-order valence-electron chi connectivity index (χ1n) is 7.50. The fraction of sp³-hybridized carbons (Fsp3) is 0.625. The summed E-state index contributed by atoms with van der Waals surface area (Å²) in [7, 11) is 0. The van der Waals surface area contributed by atoms with Gasteiger partial charge in [0.05, 0.1) is 19.3 Å². The van der Waals surface area contributed by atoms with E-state index in [2.05, 4.69) is 16.7 Å². The first-order chi connectivity index (χ1) is 9.65. The standard InChI is InChI=1S/C16H23FN2O/c1-16(17,10-13-11-20-9-8-18-13)15-7-6-12-4-2-3-5-14(12)19-15/h2-5,13,15,18-19H,6-11H2,1H3. The predicted octanol–water partition coefficient (Wildman–Crippen LogP) is 2.52. The Bertz CT molecular complexity index is 458. The molecule has 1 aromatic rings. The van der Waals surface area contributed by atoms with Gasteiger partial charge in [-0.25, -0.2) is 4.39 Å². The highest BCUT2D eigenvalue weighted by Crippen LogP contribution is 2.33. The number of benzene rings is 1. The van der Waals surface area contributed by atoms with Gasteiger partial charge in [0.25, 0.3) is 0 Å². The van der Waals surface area contributed by atoms with Crippen molar-refractivity contribution in [1.29, 1.82) is 0 Å². The third-order valence-corrected chi connectivity index (χ3v) is 4.42. The molecule has 0 aliphatic carbocycles. The van der Waals surface area contributed by atoms with Crippen molar-refractivity contribution in [2.24, 2.45) is 0 Å². The van der Waals surface area contributed by atoms with E-state index in [1.165, 1.54) is 5.56 Å². The molecule has 0 bridgehead atoms. The zero-order chi connectivity index (χ0) is 14.0. The number of ether oxygens (including phenoxy) is 1. The molecule has 110 valence electrons. The Labute approximate surface area is 119 Å². The molecule has 3 nitrogen and oxygen atoms in total. The lowest BCUT2D eigenvalue weighted by Gasteiger charge is -2.38. The maximum absolute atomic E-state index is 15.1. The van der Waals surface area contributed by atoms with Gasteiger partial charge < -0.3 is 15.4 Å². The zero-order valence-corrected chi connectivity index (χ0v) is 12.0. The van der Waals surface area contributed by atoms with Crippen molar-refractivity contribution >= 4 is 5.69 Å². The van der Waals surface area contributed by atoms with Crippen molar-refractivity contribution in [3.05, 3.63) is 29.8 Å². The topological polar surface area (TPSA) is 33.3 Å². The van der Waals surface area contributed by atoms with Crippen LogP contribution in [0.2, 0.25) is 0 Å². The minimum Gasteiger partial charge on any atom is -0.379 e. The van der Waals surface area contributed by atoms with E-state index < -0.39 is 5.67 Å². The number of aryl methyl sites for hydroxylation is 1. The van der Waals surface area contributed by atoms with E-state index in [0.29, 0.717) is 13.0 Å². The van der Waals surface area contributed by atoms with E-state index in [9.17, 15) is 0 Å². The van der Waals surface area contributed by atoms with E-state index in [1.54, 1.807) is 6.92 Å². The minimum absolute atomic E-state index is 0.123. The van der Waals surface area contributed by atoms with Gasteiger partial charge in [-0.1, -0.05) is 18.2 Å². The highest BCUT2D eigenvalue weighted by atomic mass is 19.1. The van der Waals surface area contributed by atoms with Gasteiger partial charge in [-0.3, -0.25) is 0 Å². The van der Waals surface area contributed by atoms with Gasteiger partial charge >= 0.3 is 0 Å². The van der Waals surface area contributed by atoms with Crippen LogP contribution in [0, 0.1) is 0 Å². The minimum atomic E-state index is -1.23. The van der Waals surface area contributed by atoms with Crippen LogP contribution in [0.4, 0.5) is 10.1 Å². The first kappa shape index (κ1) is 13.8. The predicted molar refractivity (Wildman–Crippen MR) is 78.9 cm³/mol. The average molecular weight is 278 g/mol. The van der Waals surface area contributed by atoms with E-state index in [0.717, 1.165) is 31.7 Å². The highest BCUT2D eigenvalue weighted by Gasteiger charge is 2.38. The van der Waals surface area contributed by atoms with Crippen molar-refractivity contribution in [3.63, 3.8) is 0 Å². The molecule has 0 radical (unpaired) electrons. The summed E-state index contributed by atoms with van der Waals surface area (Å²) in [6.07, 6.45) is 2.28. The monoisotopic (exact) mass is 278 g/mol. The molecule has 0 amide bonds. The van der Waals surface area contributed by atoms with Gasteiger partial charge in [-0.05, 0) is 31.4 Å². The van der Waals surface area contributed by atoms with E-state index >= 15 is 4.39 Å². The molecule has 3 atom stereocenters. The molecule has 0 spiro atoms. The van der Waals surface area contributed by atoms with Crippen LogP contribution in [-0.4, -0.2) is 37.5 Å². The summed E-state index contributed by atoms with van der Waals surface area (Å²) in [5.74, 6) is 0. The van der Waals surface area contributed by atoms with Crippen molar-refractivity contribution in [3.8, 4) is 0 Å². The fourth-order valence-corrected chi connectivity index (χ4v) is 3.27. The smallest absolute Gasteiger partial charge is 0.129 e. The lowest BCUT2D eigenvalue weighted by Crippen LogP contribution is -2.50. The number of rotatable bonds is 3. The maximum atomic E-state index is 15.1. The number of hydrogen-bond acceptors (Lipinski definition) is 3. The molecule has 2 aliphatic rings. The SMILES string of the molecule is CC(F)(CC1COCCN1)C1CCc2ccccc2N1. The molecule has 1 aromatic carbocycles. The summed E-state index contributed by atoms with van der Waals surface area (Å²) in [6.45, 7) is 3.88. The lowest BCUT2D eigenvalue weighted by molar-refractivity contribution is 0.0413. The van der Waals surface area contributed by atoms with Crippen molar-refractivity contribution in [2.45, 2.75) is 43.9 Å². The molecule has 1 saturated heterocycles. The molecule has 4 heteroatoms. The van der Waals surface area contributed by atoms with Crippen LogP contribution in [0.1, 0.15) is 25.3 Å². The highest BCUT2D eigenvalue weighted by molar-refractivity contribution is 5.54. The molecule has 2 heterocycles. The van der Waals surface area contributed by atoms with Crippen LogP contribution >= 0.6 is 0 Å². The fourth-order valence-electron chi connectivity index (χ4n) is 3.27. The summed E-state index contributed by atoms with van der Waals surface area (Å²) < 4.78 is 20.5. The van der Waals surface area contributed by atoms with E-state index in [1.807, 2.05) is 18.2 Å². The Balaban J connectivity index is 1.66. The van der Waals surface area contributed by atoms with Crippen LogP contribution in [0.25, 0.3) is 0 Å². The van der Waals surface area contributed by atoms with Gasteiger partial charge in [-0.15, -0.1) is 0 Å². The molecule has 20 heavy (non-hydrogen) atoms. The van der Waals surface area contributed by atoms with Gasteiger partial charge in [-0.2, -0.15) is 0 Å². The summed E-state index contributed by atoms with van der Waals surface area (Å²) >= 11 is 0. The van der Waals surface area contributed by atoms with Crippen molar-refractivity contribution in [2.75, 3.05) is 25.1 Å². The van der Waals surface area contributed by atoms with E-state index in [4.69, 9.17) is 4.74 Å². The number of morpholine rings is 1. The van der Waals surface area contributed by atoms with Crippen LogP contribution < -0.4 is 10.6 Å². The summed E-state index contributed by atoms with van der Waals surface area (Å²) in [6, 6.07) is 8.20. The van der Waals surface area contributed by atoms with Crippen LogP contribution in [0.5, 0.6) is 0 Å². The van der Waals surface area contributed by atoms with Gasteiger partial charge in [0, 0.05) is 24.7 Å². The van der Waals surface area contributed by atoms with Crippen molar-refractivity contribution in [1.82, 2.24) is 5.32 Å². The molecule has 0 aromatic heterocycles. The van der Waals surface area contributed by atoms with Crippen molar-refractivity contribution < 1.29 is 9.13 Å². The van der Waals surface area contributed by atoms with E-state index in [-0.39, 0.29) is 12.1 Å². The normalized spacial score (nSPS) is 29.1. The largest absolute Gasteiger partial charge is 0.379 e. The molecule has 2 N–H and O–H groups in total. The number of anilines is 1. The number of nitrogens with one attached hydrogen (secondary N) is 2. The molecule has 3 unspecified atom stereocenters. The molecular weight excluding hydrogens is 255 g/mol. The van der Waals surface area contributed by atoms with Gasteiger partial charge in [0.2, 0.25) is 0 Å². The Kier molecular flexibility index (Phi) is 3.94. The number of fused-ring (bicyclic) bond motifs is 1. The molecule has 2 aliphatic heterocycles. The Morgan fingerprint density at radius 2 is 2.25 bits per heavy atom. The third-order valence-electron chi connectivity index (χ3n) is 4.42. The van der Waals surface area contributed by atoms with Crippen LogP contribution in [0.3, 0.4) is 0 Å². The summed E-state index contributed by atoms with van der Waals surface area (Å²) in [5, 5.41) is 6.72. The van der Waals surface area contributed by atoms with Crippen LogP contribution in [0.15, 0.2) is 24.3 Å². The van der Waals surface area contributed by atoms with Gasteiger partial charge in [0.1, 0.15) is 5.67 Å². The first-order valence-corrected chi connectivity index (χ1v) is 7.50. The number of alkyl halides is 1. The zero-order valence-electron chi connectivity index (χ0n) is 12.0. The quantitative estimate of drug-likeness (QED) is 0.891. The molecule has 3 rings (SSSR count). The summed E-state index contributed by atoms with van der Waals surface area (Å²) in [4.78, 5) is 0. The number of halogens is 1. The maximum Gasteiger partial charge on any atom is 0.129 e. The van der Waals surface area contributed by atoms with Gasteiger partial charge in [0.15, 0.2) is 0 Å². The lowest BCUT2D eigenvalue weighted by atomic mass is 9.84. The summed E-state index contributed by atoms with van der Waals surface area (Å²) in [5.41, 5.74) is 1.14. The Morgan fingerprint density at radius 1 is 1.40 bits per heavy atom. The Hall–Kier alpha value is -1.13. The second-order valence-electron chi connectivity index (χ2n) is 6.10. The second-order valence-corrected chi connectivity index (χ2v) is 6.10. The molecule has 1 fully saturated rings. The Morgan fingerprint density at radius 3 is 3.05 bits per heavy atom. The number of hydrogen-bond donors (Lipinski definition) is 2. The number of para-hydroxylation sites is 1.